The molecule has 0 saturated heterocycles. The highest BCUT2D eigenvalue weighted by molar-refractivity contribution is 9.10. The number of hydrogen-bond donors (Lipinski definition) is 0. The van der Waals surface area contributed by atoms with Crippen molar-refractivity contribution >= 4 is 21.7 Å². The SMILES string of the molecule is COc1ccc(C(=O)c2cc(C)c(Br)c(C)c2)c(C)c1. The second-order valence-corrected chi connectivity index (χ2v) is 5.73. The van der Waals surface area contributed by atoms with E-state index in [0.717, 1.165) is 32.5 Å². The van der Waals surface area contributed by atoms with Crippen molar-refractivity contribution in [3.63, 3.8) is 0 Å². The molecule has 2 rings (SSSR count). The van der Waals surface area contributed by atoms with Crippen molar-refractivity contribution in [1.29, 1.82) is 0 Å². The predicted octanol–water partition coefficient (Wildman–Crippen LogP) is 4.61. The molecular formula is C17H17BrO2. The first kappa shape index (κ1) is 14.8. The van der Waals surface area contributed by atoms with Gasteiger partial charge in [-0.15, -0.1) is 0 Å². The minimum Gasteiger partial charge on any atom is -0.497 e. The maximum atomic E-state index is 12.6. The van der Waals surface area contributed by atoms with Crippen molar-refractivity contribution in [3.8, 4) is 5.75 Å². The van der Waals surface area contributed by atoms with Crippen LogP contribution >= 0.6 is 15.9 Å². The molecule has 2 aromatic carbocycles. The summed E-state index contributed by atoms with van der Waals surface area (Å²) in [4.78, 5) is 12.6. The lowest BCUT2D eigenvalue weighted by molar-refractivity contribution is 0.103. The van der Waals surface area contributed by atoms with Crippen molar-refractivity contribution in [2.75, 3.05) is 7.11 Å². The first-order chi connectivity index (χ1) is 9.43. The Balaban J connectivity index is 2.46. The molecule has 20 heavy (non-hydrogen) atoms. The number of carbonyl (C=O) groups excluding carboxylic acids is 1. The Morgan fingerprint density at radius 2 is 1.60 bits per heavy atom. The molecule has 0 fully saturated rings. The molecule has 0 spiro atoms. The normalized spacial score (nSPS) is 10.4. The molecule has 3 heteroatoms. The number of benzene rings is 2. The summed E-state index contributed by atoms with van der Waals surface area (Å²) in [7, 11) is 1.62. The average Bonchev–Trinajstić information content (AvgIpc) is 2.43. The summed E-state index contributed by atoms with van der Waals surface area (Å²) in [6.07, 6.45) is 0. The lowest BCUT2D eigenvalue weighted by Crippen LogP contribution is -2.05. The van der Waals surface area contributed by atoms with Gasteiger partial charge in [-0.1, -0.05) is 15.9 Å². The molecule has 0 aromatic heterocycles. The van der Waals surface area contributed by atoms with E-state index >= 15 is 0 Å². The first-order valence-corrected chi connectivity index (χ1v) is 7.19. The van der Waals surface area contributed by atoms with E-state index in [-0.39, 0.29) is 5.78 Å². The zero-order valence-corrected chi connectivity index (χ0v) is 13.7. The molecule has 0 atom stereocenters. The first-order valence-electron chi connectivity index (χ1n) is 6.40. The number of ether oxygens (including phenoxy) is 1. The zero-order chi connectivity index (χ0) is 14.9. The minimum absolute atomic E-state index is 0.0452. The average molecular weight is 333 g/mol. The molecule has 2 aromatic rings. The molecule has 0 heterocycles. The summed E-state index contributed by atoms with van der Waals surface area (Å²) >= 11 is 3.52. The zero-order valence-electron chi connectivity index (χ0n) is 12.1. The fourth-order valence-corrected chi connectivity index (χ4v) is 2.48. The van der Waals surface area contributed by atoms with Gasteiger partial charge in [-0.05, 0) is 67.8 Å². The van der Waals surface area contributed by atoms with Gasteiger partial charge in [0.15, 0.2) is 5.78 Å². The molecule has 0 saturated carbocycles. The summed E-state index contributed by atoms with van der Waals surface area (Å²) < 4.78 is 6.23. The van der Waals surface area contributed by atoms with Crippen LogP contribution < -0.4 is 4.74 Å². The van der Waals surface area contributed by atoms with E-state index in [9.17, 15) is 4.79 Å². The number of ketones is 1. The summed E-state index contributed by atoms with van der Waals surface area (Å²) in [5.74, 6) is 0.811. The molecule has 104 valence electrons. The Morgan fingerprint density at radius 1 is 1.00 bits per heavy atom. The van der Waals surface area contributed by atoms with Crippen LogP contribution in [0.2, 0.25) is 0 Å². The number of carbonyl (C=O) groups is 1. The van der Waals surface area contributed by atoms with Gasteiger partial charge in [0.1, 0.15) is 5.75 Å². The van der Waals surface area contributed by atoms with Gasteiger partial charge in [-0.25, -0.2) is 0 Å². The molecule has 0 aliphatic rings. The van der Waals surface area contributed by atoms with Crippen LogP contribution in [0.4, 0.5) is 0 Å². The minimum atomic E-state index is 0.0452. The van der Waals surface area contributed by atoms with Gasteiger partial charge < -0.3 is 4.74 Å². The third kappa shape index (κ3) is 2.78. The summed E-state index contributed by atoms with van der Waals surface area (Å²) in [6, 6.07) is 9.36. The monoisotopic (exact) mass is 332 g/mol. The van der Waals surface area contributed by atoms with Crippen molar-refractivity contribution < 1.29 is 9.53 Å². The van der Waals surface area contributed by atoms with E-state index in [2.05, 4.69) is 15.9 Å². The van der Waals surface area contributed by atoms with Crippen LogP contribution in [0.25, 0.3) is 0 Å². The number of hydrogen-bond acceptors (Lipinski definition) is 2. The maximum absolute atomic E-state index is 12.6. The van der Waals surface area contributed by atoms with Crippen molar-refractivity contribution in [3.05, 3.63) is 62.6 Å². The van der Waals surface area contributed by atoms with Crippen LogP contribution in [-0.4, -0.2) is 12.9 Å². The van der Waals surface area contributed by atoms with E-state index in [1.807, 2.05) is 51.1 Å². The molecule has 0 radical (unpaired) electrons. The number of rotatable bonds is 3. The Labute approximate surface area is 127 Å². The van der Waals surface area contributed by atoms with Crippen molar-refractivity contribution in [2.24, 2.45) is 0 Å². The van der Waals surface area contributed by atoms with Gasteiger partial charge in [0.25, 0.3) is 0 Å². The highest BCUT2D eigenvalue weighted by atomic mass is 79.9. The van der Waals surface area contributed by atoms with Gasteiger partial charge in [-0.3, -0.25) is 4.79 Å². The van der Waals surface area contributed by atoms with Crippen LogP contribution in [0.1, 0.15) is 32.6 Å². The number of aryl methyl sites for hydroxylation is 3. The quantitative estimate of drug-likeness (QED) is 0.767. The Kier molecular flexibility index (Phi) is 4.29. The second-order valence-electron chi connectivity index (χ2n) is 4.93. The van der Waals surface area contributed by atoms with Crippen LogP contribution in [0.3, 0.4) is 0 Å². The van der Waals surface area contributed by atoms with Crippen LogP contribution in [0.5, 0.6) is 5.75 Å². The van der Waals surface area contributed by atoms with Gasteiger partial charge in [-0.2, -0.15) is 0 Å². The summed E-state index contributed by atoms with van der Waals surface area (Å²) in [5, 5.41) is 0. The molecular weight excluding hydrogens is 316 g/mol. The highest BCUT2D eigenvalue weighted by Crippen LogP contribution is 2.25. The Morgan fingerprint density at radius 3 is 2.10 bits per heavy atom. The number of methoxy groups -OCH3 is 1. The molecule has 0 amide bonds. The Bertz CT molecular complexity index is 652. The van der Waals surface area contributed by atoms with Crippen LogP contribution in [0.15, 0.2) is 34.8 Å². The van der Waals surface area contributed by atoms with Crippen LogP contribution in [-0.2, 0) is 0 Å². The molecule has 0 bridgehead atoms. The van der Waals surface area contributed by atoms with E-state index in [4.69, 9.17) is 4.74 Å². The topological polar surface area (TPSA) is 26.3 Å². The number of halogens is 1. The highest BCUT2D eigenvalue weighted by Gasteiger charge is 2.14. The molecule has 0 aliphatic carbocycles. The molecule has 2 nitrogen and oxygen atoms in total. The lowest BCUT2D eigenvalue weighted by Gasteiger charge is -2.10. The van der Waals surface area contributed by atoms with Gasteiger partial charge in [0, 0.05) is 15.6 Å². The van der Waals surface area contributed by atoms with E-state index in [1.165, 1.54) is 0 Å². The molecule has 0 aliphatic heterocycles. The maximum Gasteiger partial charge on any atom is 0.193 e. The fourth-order valence-electron chi connectivity index (χ4n) is 2.25. The fraction of sp³-hybridized carbons (Fsp3) is 0.235. The van der Waals surface area contributed by atoms with E-state index in [0.29, 0.717) is 5.56 Å². The van der Waals surface area contributed by atoms with E-state index in [1.54, 1.807) is 7.11 Å². The lowest BCUT2D eigenvalue weighted by atomic mass is 9.96. The molecule has 0 N–H and O–H groups in total. The van der Waals surface area contributed by atoms with E-state index < -0.39 is 0 Å². The largest absolute Gasteiger partial charge is 0.497 e. The summed E-state index contributed by atoms with van der Waals surface area (Å²) in [5.41, 5.74) is 4.50. The molecule has 0 unspecified atom stereocenters. The third-order valence-corrected chi connectivity index (χ3v) is 4.63. The van der Waals surface area contributed by atoms with Crippen molar-refractivity contribution in [1.82, 2.24) is 0 Å². The standard InChI is InChI=1S/C17H17BrO2/c1-10-9-14(20-4)5-6-15(10)17(19)13-7-11(2)16(18)12(3)8-13/h5-9H,1-4H3. The Hall–Kier alpha value is -1.61. The predicted molar refractivity (Wildman–Crippen MR) is 84.8 cm³/mol. The summed E-state index contributed by atoms with van der Waals surface area (Å²) in [6.45, 7) is 5.91. The van der Waals surface area contributed by atoms with Gasteiger partial charge in [0.2, 0.25) is 0 Å². The third-order valence-electron chi connectivity index (χ3n) is 3.38. The second kappa shape index (κ2) is 5.80. The van der Waals surface area contributed by atoms with Gasteiger partial charge in [0.05, 0.1) is 7.11 Å². The van der Waals surface area contributed by atoms with Crippen molar-refractivity contribution in [2.45, 2.75) is 20.8 Å². The van der Waals surface area contributed by atoms with Crippen LogP contribution in [0, 0.1) is 20.8 Å². The smallest absolute Gasteiger partial charge is 0.193 e. The van der Waals surface area contributed by atoms with Gasteiger partial charge >= 0.3 is 0 Å².